The van der Waals surface area contributed by atoms with Crippen LogP contribution < -0.4 is 11.1 Å². The van der Waals surface area contributed by atoms with Crippen molar-refractivity contribution in [2.75, 3.05) is 33.4 Å². The van der Waals surface area contributed by atoms with Gasteiger partial charge in [-0.25, -0.2) is 0 Å². The van der Waals surface area contributed by atoms with Crippen molar-refractivity contribution < 1.29 is 14.3 Å². The quantitative estimate of drug-likeness (QED) is 0.572. The molecule has 1 heterocycles. The van der Waals surface area contributed by atoms with E-state index in [4.69, 9.17) is 15.2 Å². The highest BCUT2D eigenvalue weighted by atomic mass is 16.5. The number of carbonyl (C=O) groups is 1. The number of primary amides is 1. The lowest BCUT2D eigenvalue weighted by molar-refractivity contribution is -0.117. The molecule has 0 aromatic carbocycles. The maximum Gasteiger partial charge on any atom is 0.231 e. The molecule has 0 aromatic rings. The first-order valence-electron chi connectivity index (χ1n) is 4.30. The van der Waals surface area contributed by atoms with Crippen LogP contribution in [0.3, 0.4) is 0 Å². The Balaban J connectivity index is 2.27. The third-order valence-corrected chi connectivity index (χ3v) is 2.25. The van der Waals surface area contributed by atoms with Gasteiger partial charge in [0.1, 0.15) is 5.60 Å². The van der Waals surface area contributed by atoms with Gasteiger partial charge in [0, 0.05) is 26.7 Å². The van der Waals surface area contributed by atoms with Crippen LogP contribution in [0.15, 0.2) is 0 Å². The number of methoxy groups -OCH3 is 1. The van der Waals surface area contributed by atoms with Gasteiger partial charge in [-0.2, -0.15) is 0 Å². The van der Waals surface area contributed by atoms with Crippen LogP contribution in [-0.4, -0.2) is 44.9 Å². The van der Waals surface area contributed by atoms with Crippen LogP contribution in [-0.2, 0) is 14.3 Å². The van der Waals surface area contributed by atoms with Crippen LogP contribution in [0.4, 0.5) is 0 Å². The third-order valence-electron chi connectivity index (χ3n) is 2.25. The molecule has 76 valence electrons. The number of nitrogens with two attached hydrogens (primary N) is 1. The fourth-order valence-corrected chi connectivity index (χ4v) is 1.37. The van der Waals surface area contributed by atoms with Crippen LogP contribution in [0, 0.1) is 0 Å². The average molecular weight is 188 g/mol. The lowest BCUT2D eigenvalue weighted by Gasteiger charge is -2.25. The molecular weight excluding hydrogens is 172 g/mol. The van der Waals surface area contributed by atoms with E-state index < -0.39 is 0 Å². The maximum atomic E-state index is 10.5. The number of carbonyl (C=O) groups excluding carboxylic acids is 1. The van der Waals surface area contributed by atoms with Crippen LogP contribution >= 0.6 is 0 Å². The van der Waals surface area contributed by atoms with Crippen molar-refractivity contribution >= 4 is 5.91 Å². The fraction of sp³-hybridized carbons (Fsp3) is 0.875. The van der Waals surface area contributed by atoms with Crippen LogP contribution in [0.5, 0.6) is 0 Å². The molecule has 1 atom stereocenters. The number of nitrogens with one attached hydrogen (secondary N) is 1. The van der Waals surface area contributed by atoms with Crippen molar-refractivity contribution in [2.24, 2.45) is 5.73 Å². The van der Waals surface area contributed by atoms with E-state index in [1.807, 2.05) is 0 Å². The van der Waals surface area contributed by atoms with Gasteiger partial charge >= 0.3 is 0 Å². The summed E-state index contributed by atoms with van der Waals surface area (Å²) in [5.74, 6) is -0.356. The van der Waals surface area contributed by atoms with Gasteiger partial charge in [-0.3, -0.25) is 4.79 Å². The average Bonchev–Trinajstić information content (AvgIpc) is 2.53. The highest BCUT2D eigenvalue weighted by Gasteiger charge is 2.34. The van der Waals surface area contributed by atoms with E-state index in [0.29, 0.717) is 19.8 Å². The first-order valence-corrected chi connectivity index (χ1v) is 4.30. The molecule has 0 saturated carbocycles. The summed E-state index contributed by atoms with van der Waals surface area (Å²) in [4.78, 5) is 10.5. The highest BCUT2D eigenvalue weighted by Crippen LogP contribution is 2.21. The fourth-order valence-electron chi connectivity index (χ4n) is 1.37. The van der Waals surface area contributed by atoms with Crippen molar-refractivity contribution in [3.05, 3.63) is 0 Å². The summed E-state index contributed by atoms with van der Waals surface area (Å²) >= 11 is 0. The highest BCUT2D eigenvalue weighted by molar-refractivity contribution is 5.75. The molecule has 13 heavy (non-hydrogen) atoms. The van der Waals surface area contributed by atoms with E-state index in [2.05, 4.69) is 5.32 Å². The Morgan fingerprint density at radius 3 is 3.00 bits per heavy atom. The summed E-state index contributed by atoms with van der Waals surface area (Å²) in [7, 11) is 1.65. The molecule has 5 nitrogen and oxygen atoms in total. The Morgan fingerprint density at radius 1 is 1.77 bits per heavy atom. The minimum absolute atomic E-state index is 0.186. The van der Waals surface area contributed by atoms with E-state index >= 15 is 0 Å². The van der Waals surface area contributed by atoms with Gasteiger partial charge in [0.2, 0.25) is 5.91 Å². The van der Waals surface area contributed by atoms with E-state index in [1.54, 1.807) is 7.11 Å². The molecule has 1 amide bonds. The predicted octanol–water partition coefficient (Wildman–Crippen LogP) is -1.13. The number of rotatable bonds is 5. The summed E-state index contributed by atoms with van der Waals surface area (Å²) in [5, 5.41) is 2.94. The lowest BCUT2D eigenvalue weighted by atomic mass is 10.0. The summed E-state index contributed by atoms with van der Waals surface area (Å²) < 4.78 is 10.6. The summed E-state index contributed by atoms with van der Waals surface area (Å²) in [6.45, 7) is 2.08. The number of hydrogen-bond acceptors (Lipinski definition) is 4. The first-order chi connectivity index (χ1) is 6.18. The maximum absolute atomic E-state index is 10.5. The van der Waals surface area contributed by atoms with Crippen molar-refractivity contribution in [1.82, 2.24) is 5.32 Å². The predicted molar refractivity (Wildman–Crippen MR) is 47.2 cm³/mol. The van der Waals surface area contributed by atoms with E-state index in [-0.39, 0.29) is 18.1 Å². The van der Waals surface area contributed by atoms with E-state index in [0.717, 1.165) is 6.42 Å². The van der Waals surface area contributed by atoms with Gasteiger partial charge in [0.05, 0.1) is 13.2 Å². The molecule has 0 aliphatic carbocycles. The van der Waals surface area contributed by atoms with Gasteiger partial charge < -0.3 is 20.5 Å². The molecule has 0 spiro atoms. The Labute approximate surface area is 77.6 Å². The Bertz CT molecular complexity index is 178. The zero-order valence-electron chi connectivity index (χ0n) is 7.84. The molecule has 0 radical (unpaired) electrons. The van der Waals surface area contributed by atoms with Gasteiger partial charge in [-0.1, -0.05) is 0 Å². The molecule has 0 bridgehead atoms. The largest absolute Gasteiger partial charge is 0.378 e. The van der Waals surface area contributed by atoms with Gasteiger partial charge in [-0.15, -0.1) is 0 Å². The molecule has 1 saturated heterocycles. The Hall–Kier alpha value is -0.650. The van der Waals surface area contributed by atoms with Gasteiger partial charge in [-0.05, 0) is 0 Å². The smallest absolute Gasteiger partial charge is 0.231 e. The number of hydrogen-bond donors (Lipinski definition) is 2. The standard InChI is InChI=1S/C8H16N2O3/c1-12-8(2-3-13-6-8)5-10-4-7(9)11/h10H,2-6H2,1H3,(H2,9,11). The normalized spacial score (nSPS) is 27.8. The second-order valence-corrected chi connectivity index (χ2v) is 3.26. The minimum Gasteiger partial charge on any atom is -0.378 e. The lowest BCUT2D eigenvalue weighted by Crippen LogP contribution is -2.45. The molecule has 1 unspecified atom stereocenters. The third kappa shape index (κ3) is 2.95. The topological polar surface area (TPSA) is 73.6 Å². The van der Waals surface area contributed by atoms with E-state index in [9.17, 15) is 4.79 Å². The van der Waals surface area contributed by atoms with Gasteiger partial charge in [0.15, 0.2) is 0 Å². The SMILES string of the molecule is COC1(CNCC(N)=O)CCOC1. The zero-order chi connectivity index (χ0) is 9.73. The molecule has 1 aliphatic rings. The van der Waals surface area contributed by atoms with E-state index in [1.165, 1.54) is 0 Å². The Kier molecular flexibility index (Phi) is 3.65. The van der Waals surface area contributed by atoms with Crippen molar-refractivity contribution in [3.8, 4) is 0 Å². The molecule has 1 aliphatic heterocycles. The molecule has 1 rings (SSSR count). The molecule has 1 fully saturated rings. The monoisotopic (exact) mass is 188 g/mol. The number of amides is 1. The van der Waals surface area contributed by atoms with Crippen LogP contribution in [0.25, 0.3) is 0 Å². The molecule has 0 aromatic heterocycles. The van der Waals surface area contributed by atoms with Crippen LogP contribution in [0.2, 0.25) is 0 Å². The zero-order valence-corrected chi connectivity index (χ0v) is 7.84. The minimum atomic E-state index is -0.356. The van der Waals surface area contributed by atoms with Crippen molar-refractivity contribution in [3.63, 3.8) is 0 Å². The van der Waals surface area contributed by atoms with Gasteiger partial charge in [0.25, 0.3) is 0 Å². The van der Waals surface area contributed by atoms with Crippen LogP contribution in [0.1, 0.15) is 6.42 Å². The second-order valence-electron chi connectivity index (χ2n) is 3.26. The summed E-state index contributed by atoms with van der Waals surface area (Å²) in [5.41, 5.74) is 4.72. The Morgan fingerprint density at radius 2 is 2.54 bits per heavy atom. The summed E-state index contributed by atoms with van der Waals surface area (Å²) in [6, 6.07) is 0. The van der Waals surface area contributed by atoms with Crippen molar-refractivity contribution in [2.45, 2.75) is 12.0 Å². The summed E-state index contributed by atoms with van der Waals surface area (Å²) in [6.07, 6.45) is 0.856. The molecule has 3 N–H and O–H groups in total. The number of ether oxygens (including phenoxy) is 2. The molecule has 5 heteroatoms. The first kappa shape index (κ1) is 10.4. The second kappa shape index (κ2) is 4.55. The van der Waals surface area contributed by atoms with Crippen molar-refractivity contribution in [1.29, 1.82) is 0 Å². The molecular formula is C8H16N2O3.